The van der Waals surface area contributed by atoms with E-state index in [1.54, 1.807) is 6.07 Å². The SMILES string of the molecule is Cc1nccn1C[C@](c1cccc(F)c1)(C1CCCC1)C1CCN(CC2CN(c3ccc(C#N)cc3)C2)CC1. The van der Waals surface area contributed by atoms with E-state index in [-0.39, 0.29) is 11.2 Å². The van der Waals surface area contributed by atoms with Crippen LogP contribution < -0.4 is 4.90 Å². The third-order valence-electron chi connectivity index (χ3n) is 9.95. The van der Waals surface area contributed by atoms with Crippen molar-refractivity contribution in [3.8, 4) is 6.07 Å². The van der Waals surface area contributed by atoms with Crippen LogP contribution in [0.25, 0.3) is 0 Å². The molecule has 1 atom stereocenters. The highest BCUT2D eigenvalue weighted by molar-refractivity contribution is 5.51. The number of imidazole rings is 1. The van der Waals surface area contributed by atoms with Gasteiger partial charge in [-0.3, -0.25) is 0 Å². The van der Waals surface area contributed by atoms with E-state index in [2.05, 4.69) is 56.7 Å². The molecular formula is C33H40FN5. The number of hydrogen-bond acceptors (Lipinski definition) is 4. The van der Waals surface area contributed by atoms with E-state index >= 15 is 0 Å². The molecule has 5 nitrogen and oxygen atoms in total. The topological polar surface area (TPSA) is 48.1 Å². The van der Waals surface area contributed by atoms with E-state index in [0.717, 1.165) is 57.9 Å². The molecule has 2 saturated heterocycles. The minimum Gasteiger partial charge on any atom is -0.371 e. The number of likely N-dealkylation sites (tertiary alicyclic amines) is 1. The smallest absolute Gasteiger partial charge is 0.123 e. The van der Waals surface area contributed by atoms with Crippen molar-refractivity contribution in [3.05, 3.63) is 83.7 Å². The second kappa shape index (κ2) is 11.1. The number of aromatic nitrogens is 2. The minimum atomic E-state index is -0.119. The standard InChI is InChI=1S/C33H40FN5/c1-25-36-15-18-38(25)24-33(28-5-2-3-6-28,30-7-4-8-31(34)19-30)29-13-16-37(17-14-29)21-27-22-39(23-27)32-11-9-26(20-35)10-12-32/h4,7-12,15,18-19,27-29H,2-3,5-6,13-14,16-17,21-24H2,1H3/t33-/m0/s1. The molecule has 39 heavy (non-hydrogen) atoms. The Balaban J connectivity index is 1.16. The number of rotatable bonds is 8. The van der Waals surface area contributed by atoms with Crippen LogP contribution in [0.15, 0.2) is 60.9 Å². The summed E-state index contributed by atoms with van der Waals surface area (Å²) in [6.07, 6.45) is 11.4. The van der Waals surface area contributed by atoms with Crippen molar-refractivity contribution in [1.82, 2.24) is 14.5 Å². The van der Waals surface area contributed by atoms with Gasteiger partial charge in [0.1, 0.15) is 11.6 Å². The fourth-order valence-corrected chi connectivity index (χ4v) is 7.86. The monoisotopic (exact) mass is 525 g/mol. The van der Waals surface area contributed by atoms with Crippen molar-refractivity contribution in [2.24, 2.45) is 17.8 Å². The molecule has 6 heteroatoms. The molecule has 2 aromatic carbocycles. The van der Waals surface area contributed by atoms with Crippen molar-refractivity contribution >= 4 is 5.69 Å². The maximum atomic E-state index is 14.7. The van der Waals surface area contributed by atoms with Gasteiger partial charge in [-0.15, -0.1) is 0 Å². The highest BCUT2D eigenvalue weighted by atomic mass is 19.1. The maximum absolute atomic E-state index is 14.7. The molecule has 1 aromatic heterocycles. The normalized spacial score (nSPS) is 21.0. The van der Waals surface area contributed by atoms with Gasteiger partial charge in [0.15, 0.2) is 0 Å². The molecule has 3 heterocycles. The summed E-state index contributed by atoms with van der Waals surface area (Å²) in [6.45, 7) is 8.53. The average molecular weight is 526 g/mol. The molecule has 0 radical (unpaired) electrons. The van der Waals surface area contributed by atoms with E-state index in [4.69, 9.17) is 5.26 Å². The third-order valence-corrected chi connectivity index (χ3v) is 9.95. The van der Waals surface area contributed by atoms with Gasteiger partial charge in [0.2, 0.25) is 0 Å². The van der Waals surface area contributed by atoms with E-state index in [0.29, 0.717) is 23.3 Å². The second-order valence-corrected chi connectivity index (χ2v) is 12.1. The molecule has 0 amide bonds. The van der Waals surface area contributed by atoms with E-state index < -0.39 is 0 Å². The summed E-state index contributed by atoms with van der Waals surface area (Å²) in [5, 5.41) is 9.06. The van der Waals surface area contributed by atoms with Gasteiger partial charge in [-0.05, 0) is 99.5 Å². The first-order valence-electron chi connectivity index (χ1n) is 14.8. The van der Waals surface area contributed by atoms with Gasteiger partial charge in [-0.1, -0.05) is 25.0 Å². The lowest BCUT2D eigenvalue weighted by Crippen LogP contribution is -2.54. The van der Waals surface area contributed by atoms with Gasteiger partial charge in [-0.25, -0.2) is 9.37 Å². The number of nitriles is 1. The Labute approximate surface area is 232 Å². The first-order valence-corrected chi connectivity index (χ1v) is 14.8. The average Bonchev–Trinajstić information content (AvgIpc) is 3.62. The number of anilines is 1. The Morgan fingerprint density at radius 3 is 2.36 bits per heavy atom. The molecule has 0 unspecified atom stereocenters. The number of hydrogen-bond donors (Lipinski definition) is 0. The molecule has 3 aromatic rings. The Bertz CT molecular complexity index is 1290. The second-order valence-electron chi connectivity index (χ2n) is 12.1. The van der Waals surface area contributed by atoms with E-state index in [9.17, 15) is 4.39 Å². The maximum Gasteiger partial charge on any atom is 0.123 e. The molecule has 2 aliphatic heterocycles. The number of benzene rings is 2. The van der Waals surface area contributed by atoms with Crippen LogP contribution in [0.3, 0.4) is 0 Å². The minimum absolute atomic E-state index is 0.0704. The largest absolute Gasteiger partial charge is 0.371 e. The van der Waals surface area contributed by atoms with Crippen LogP contribution in [0.1, 0.15) is 55.5 Å². The van der Waals surface area contributed by atoms with Gasteiger partial charge < -0.3 is 14.4 Å². The van der Waals surface area contributed by atoms with Crippen LogP contribution in [-0.2, 0) is 12.0 Å². The van der Waals surface area contributed by atoms with Crippen LogP contribution in [0.5, 0.6) is 0 Å². The molecule has 6 rings (SSSR count). The van der Waals surface area contributed by atoms with Crippen molar-refractivity contribution in [1.29, 1.82) is 5.26 Å². The number of piperidine rings is 1. The first-order chi connectivity index (χ1) is 19.0. The zero-order valence-corrected chi connectivity index (χ0v) is 23.1. The van der Waals surface area contributed by atoms with Gasteiger partial charge in [0, 0.05) is 55.6 Å². The molecule has 0 bridgehead atoms. The van der Waals surface area contributed by atoms with E-state index in [1.165, 1.54) is 36.9 Å². The molecule has 1 aliphatic carbocycles. The Kier molecular flexibility index (Phi) is 7.44. The molecule has 1 saturated carbocycles. The Hall–Kier alpha value is -3.17. The van der Waals surface area contributed by atoms with Crippen molar-refractivity contribution in [2.75, 3.05) is 37.6 Å². The van der Waals surface area contributed by atoms with Gasteiger partial charge in [0.05, 0.1) is 11.6 Å². The summed E-state index contributed by atoms with van der Waals surface area (Å²) >= 11 is 0. The predicted octanol–water partition coefficient (Wildman–Crippen LogP) is 6.18. The zero-order valence-electron chi connectivity index (χ0n) is 23.1. The van der Waals surface area contributed by atoms with Crippen molar-refractivity contribution in [2.45, 2.75) is 57.4 Å². The van der Waals surface area contributed by atoms with Crippen LogP contribution in [0, 0.1) is 41.8 Å². The highest BCUT2D eigenvalue weighted by Crippen LogP contribution is 2.51. The van der Waals surface area contributed by atoms with Gasteiger partial charge in [-0.2, -0.15) is 5.26 Å². The first kappa shape index (κ1) is 26.1. The van der Waals surface area contributed by atoms with Crippen LogP contribution in [0.4, 0.5) is 10.1 Å². The quantitative estimate of drug-likeness (QED) is 0.352. The lowest BCUT2D eigenvalue weighted by atomic mass is 9.59. The van der Waals surface area contributed by atoms with Crippen molar-refractivity contribution < 1.29 is 4.39 Å². The van der Waals surface area contributed by atoms with Crippen LogP contribution in [-0.4, -0.2) is 47.2 Å². The summed E-state index contributed by atoms with van der Waals surface area (Å²) in [4.78, 5) is 9.63. The zero-order chi connectivity index (χ0) is 26.8. The summed E-state index contributed by atoms with van der Waals surface area (Å²) in [5.41, 5.74) is 3.06. The molecular weight excluding hydrogens is 485 g/mol. The molecule has 204 valence electrons. The fraction of sp³-hybridized carbons (Fsp3) is 0.515. The molecule has 0 spiro atoms. The predicted molar refractivity (Wildman–Crippen MR) is 153 cm³/mol. The lowest BCUT2D eigenvalue weighted by Gasteiger charge is -2.50. The third kappa shape index (κ3) is 5.22. The Morgan fingerprint density at radius 2 is 1.72 bits per heavy atom. The summed E-state index contributed by atoms with van der Waals surface area (Å²) in [7, 11) is 0. The fourth-order valence-electron chi connectivity index (χ4n) is 7.86. The van der Waals surface area contributed by atoms with E-state index in [1.807, 2.05) is 30.5 Å². The highest BCUT2D eigenvalue weighted by Gasteiger charge is 2.49. The summed E-state index contributed by atoms with van der Waals surface area (Å²) in [5.74, 6) is 2.71. The number of nitrogens with zero attached hydrogens (tertiary/aromatic N) is 5. The lowest BCUT2D eigenvalue weighted by molar-refractivity contribution is 0.0640. The summed E-state index contributed by atoms with van der Waals surface area (Å²) < 4.78 is 17.0. The molecule has 3 aliphatic rings. The van der Waals surface area contributed by atoms with Gasteiger partial charge in [0.25, 0.3) is 0 Å². The molecule has 0 N–H and O–H groups in total. The number of aryl methyl sites for hydroxylation is 1. The van der Waals surface area contributed by atoms with Crippen LogP contribution in [0.2, 0.25) is 0 Å². The number of halogens is 1. The van der Waals surface area contributed by atoms with Crippen LogP contribution >= 0.6 is 0 Å². The van der Waals surface area contributed by atoms with Crippen molar-refractivity contribution in [3.63, 3.8) is 0 Å². The summed E-state index contributed by atoms with van der Waals surface area (Å²) in [6, 6.07) is 17.7. The Morgan fingerprint density at radius 1 is 1.00 bits per heavy atom. The molecule has 3 fully saturated rings. The van der Waals surface area contributed by atoms with Gasteiger partial charge >= 0.3 is 0 Å².